The molecule has 158 valence electrons. The zero-order valence-corrected chi connectivity index (χ0v) is 18.9. The van der Waals surface area contributed by atoms with Crippen molar-refractivity contribution in [3.05, 3.63) is 67.6 Å². The van der Waals surface area contributed by atoms with Gasteiger partial charge in [0, 0.05) is 23.0 Å². The summed E-state index contributed by atoms with van der Waals surface area (Å²) in [4.78, 5) is 29.9. The van der Waals surface area contributed by atoms with E-state index >= 15 is 0 Å². The molecular weight excluding hydrogens is 449 g/mol. The summed E-state index contributed by atoms with van der Waals surface area (Å²) in [5.74, 6) is 0.421. The van der Waals surface area contributed by atoms with Crippen LogP contribution in [-0.4, -0.2) is 27.8 Å². The van der Waals surface area contributed by atoms with E-state index < -0.39 is 11.7 Å². The van der Waals surface area contributed by atoms with Crippen molar-refractivity contribution in [1.29, 1.82) is 0 Å². The second-order valence-corrected chi connectivity index (χ2v) is 8.89. The highest BCUT2D eigenvalue weighted by molar-refractivity contribution is 6.35. The number of ether oxygens (including phenoxy) is 1. The molecule has 1 amide bonds. The number of fused-ring (bicyclic) bond motifs is 1. The summed E-state index contributed by atoms with van der Waals surface area (Å²) >= 11 is 18.5. The second-order valence-electron chi connectivity index (χ2n) is 7.61. The average molecular weight is 469 g/mol. The Morgan fingerprint density at radius 1 is 1.13 bits per heavy atom. The fourth-order valence-corrected chi connectivity index (χ4v) is 3.69. The maximum Gasteiger partial charge on any atom is 0.407 e. The Bertz CT molecular complexity index is 1150. The van der Waals surface area contributed by atoms with Gasteiger partial charge >= 0.3 is 6.09 Å². The summed E-state index contributed by atoms with van der Waals surface area (Å²) in [6.07, 6.45) is -0.285. The van der Waals surface area contributed by atoms with E-state index in [1.54, 1.807) is 57.2 Å². The molecule has 1 heterocycles. The molecule has 3 rings (SSSR count). The maximum atomic E-state index is 13.3. The SMILES string of the molecule is CC(C)(C)OC(=O)NCCc1nc2cccc(Cl)c2c(=O)n1-c1cc(Cl)cc(Cl)c1. The average Bonchev–Trinajstić information content (AvgIpc) is 2.59. The monoisotopic (exact) mass is 467 g/mol. The zero-order chi connectivity index (χ0) is 22.1. The minimum atomic E-state index is -0.609. The van der Waals surface area contributed by atoms with E-state index in [4.69, 9.17) is 39.5 Å². The predicted octanol–water partition coefficient (Wildman–Crippen LogP) is 5.41. The lowest BCUT2D eigenvalue weighted by atomic mass is 10.2. The molecule has 3 aromatic rings. The molecular formula is C21H20Cl3N3O3. The second kappa shape index (κ2) is 8.84. The van der Waals surface area contributed by atoms with E-state index in [1.807, 2.05) is 0 Å². The van der Waals surface area contributed by atoms with Crippen LogP contribution in [0.2, 0.25) is 15.1 Å². The van der Waals surface area contributed by atoms with E-state index in [-0.39, 0.29) is 18.5 Å². The number of rotatable bonds is 4. The van der Waals surface area contributed by atoms with E-state index in [9.17, 15) is 9.59 Å². The van der Waals surface area contributed by atoms with Gasteiger partial charge in [0.25, 0.3) is 5.56 Å². The van der Waals surface area contributed by atoms with E-state index in [2.05, 4.69) is 10.3 Å². The van der Waals surface area contributed by atoms with Crippen molar-refractivity contribution in [3.8, 4) is 5.69 Å². The van der Waals surface area contributed by atoms with Crippen LogP contribution in [0.15, 0.2) is 41.2 Å². The molecule has 0 fully saturated rings. The number of hydrogen-bond acceptors (Lipinski definition) is 4. The summed E-state index contributed by atoms with van der Waals surface area (Å²) in [5, 5.41) is 4.01. The van der Waals surface area contributed by atoms with Gasteiger partial charge in [0.15, 0.2) is 0 Å². The molecule has 0 aliphatic heterocycles. The van der Waals surface area contributed by atoms with Crippen LogP contribution >= 0.6 is 34.8 Å². The maximum absolute atomic E-state index is 13.3. The molecule has 0 bridgehead atoms. The third-order valence-corrected chi connectivity index (χ3v) is 4.79. The minimum Gasteiger partial charge on any atom is -0.444 e. The highest BCUT2D eigenvalue weighted by atomic mass is 35.5. The standard InChI is InChI=1S/C21H20Cl3N3O3/c1-21(2,3)30-20(29)25-8-7-17-26-16-6-4-5-15(24)18(16)19(28)27(17)14-10-12(22)9-13(23)11-14/h4-6,9-11H,7-8H2,1-3H3,(H,25,29). The molecule has 0 spiro atoms. The lowest BCUT2D eigenvalue weighted by Crippen LogP contribution is -2.34. The molecule has 0 saturated heterocycles. The smallest absolute Gasteiger partial charge is 0.407 e. The molecule has 0 atom stereocenters. The molecule has 1 N–H and O–H groups in total. The summed E-state index contributed by atoms with van der Waals surface area (Å²) < 4.78 is 6.65. The van der Waals surface area contributed by atoms with Crippen molar-refractivity contribution in [2.75, 3.05) is 6.54 Å². The van der Waals surface area contributed by atoms with Crippen LogP contribution in [0.1, 0.15) is 26.6 Å². The fraction of sp³-hybridized carbons (Fsp3) is 0.286. The van der Waals surface area contributed by atoms with Gasteiger partial charge in [-0.05, 0) is 51.1 Å². The van der Waals surface area contributed by atoms with Gasteiger partial charge in [0.2, 0.25) is 0 Å². The number of nitrogens with one attached hydrogen (secondary N) is 1. The van der Waals surface area contributed by atoms with Crippen molar-refractivity contribution in [3.63, 3.8) is 0 Å². The normalized spacial score (nSPS) is 11.5. The number of carbonyl (C=O) groups excluding carboxylic acids is 1. The predicted molar refractivity (Wildman–Crippen MR) is 120 cm³/mol. The Labute approximate surface area is 188 Å². The van der Waals surface area contributed by atoms with Crippen molar-refractivity contribution < 1.29 is 9.53 Å². The Morgan fingerprint density at radius 2 is 1.80 bits per heavy atom. The minimum absolute atomic E-state index is 0.210. The van der Waals surface area contributed by atoms with Crippen molar-refractivity contribution in [2.45, 2.75) is 32.8 Å². The molecule has 0 saturated carbocycles. The molecule has 2 aromatic carbocycles. The first kappa shape index (κ1) is 22.4. The number of halogens is 3. The Kier molecular flexibility index (Phi) is 6.60. The van der Waals surface area contributed by atoms with Crippen molar-refractivity contribution in [2.24, 2.45) is 0 Å². The Morgan fingerprint density at radius 3 is 2.43 bits per heavy atom. The van der Waals surface area contributed by atoms with Crippen LogP contribution in [0.3, 0.4) is 0 Å². The van der Waals surface area contributed by atoms with Gasteiger partial charge in [-0.25, -0.2) is 9.78 Å². The van der Waals surface area contributed by atoms with Crippen LogP contribution in [0.4, 0.5) is 4.79 Å². The number of nitrogens with zero attached hydrogens (tertiary/aromatic N) is 2. The number of hydrogen-bond donors (Lipinski definition) is 1. The third-order valence-electron chi connectivity index (χ3n) is 4.04. The molecule has 0 aliphatic carbocycles. The van der Waals surface area contributed by atoms with Crippen LogP contribution < -0.4 is 10.9 Å². The van der Waals surface area contributed by atoms with Gasteiger partial charge < -0.3 is 10.1 Å². The highest BCUT2D eigenvalue weighted by Crippen LogP contribution is 2.24. The van der Waals surface area contributed by atoms with Crippen molar-refractivity contribution in [1.82, 2.24) is 14.9 Å². The molecule has 0 radical (unpaired) electrons. The van der Waals surface area contributed by atoms with Gasteiger partial charge in [0.05, 0.1) is 21.6 Å². The number of alkyl carbamates (subject to hydrolysis) is 1. The van der Waals surface area contributed by atoms with E-state index in [0.29, 0.717) is 37.5 Å². The Balaban J connectivity index is 2.04. The molecule has 1 aromatic heterocycles. The third kappa shape index (κ3) is 5.25. The first-order chi connectivity index (χ1) is 14.0. The van der Waals surface area contributed by atoms with Crippen molar-refractivity contribution >= 4 is 51.8 Å². The molecule has 6 nitrogen and oxygen atoms in total. The van der Waals surface area contributed by atoms with Gasteiger partial charge in [0.1, 0.15) is 11.4 Å². The van der Waals surface area contributed by atoms with E-state index in [0.717, 1.165) is 0 Å². The van der Waals surface area contributed by atoms with Gasteiger partial charge in [-0.1, -0.05) is 40.9 Å². The van der Waals surface area contributed by atoms with Gasteiger partial charge in [-0.3, -0.25) is 9.36 Å². The largest absolute Gasteiger partial charge is 0.444 e. The lowest BCUT2D eigenvalue weighted by Gasteiger charge is -2.20. The lowest BCUT2D eigenvalue weighted by molar-refractivity contribution is 0.0528. The molecule has 0 aliphatic rings. The number of carbonyl (C=O) groups is 1. The van der Waals surface area contributed by atoms with Gasteiger partial charge in [-0.2, -0.15) is 0 Å². The van der Waals surface area contributed by atoms with Crippen LogP contribution in [0.5, 0.6) is 0 Å². The Hall–Kier alpha value is -2.28. The van der Waals surface area contributed by atoms with E-state index in [1.165, 1.54) is 4.57 Å². The quantitative estimate of drug-likeness (QED) is 0.555. The van der Waals surface area contributed by atoms with Crippen LogP contribution in [0.25, 0.3) is 16.6 Å². The first-order valence-corrected chi connectivity index (χ1v) is 10.3. The topological polar surface area (TPSA) is 73.2 Å². The number of amides is 1. The summed E-state index contributed by atoms with van der Waals surface area (Å²) in [7, 11) is 0. The number of aromatic nitrogens is 2. The van der Waals surface area contributed by atoms with Crippen LogP contribution in [0, 0.1) is 0 Å². The molecule has 0 unspecified atom stereocenters. The summed E-state index contributed by atoms with van der Waals surface area (Å²) in [5.41, 5.74) is -0.0405. The molecule has 30 heavy (non-hydrogen) atoms. The first-order valence-electron chi connectivity index (χ1n) is 9.18. The zero-order valence-electron chi connectivity index (χ0n) is 16.6. The summed E-state index contributed by atoms with van der Waals surface area (Å²) in [6.45, 7) is 5.55. The summed E-state index contributed by atoms with van der Waals surface area (Å²) in [6, 6.07) is 9.87. The van der Waals surface area contributed by atoms with Crippen LogP contribution in [-0.2, 0) is 11.2 Å². The highest BCUT2D eigenvalue weighted by Gasteiger charge is 2.18. The number of benzene rings is 2. The van der Waals surface area contributed by atoms with Gasteiger partial charge in [-0.15, -0.1) is 0 Å². The molecule has 9 heteroatoms. The fourth-order valence-electron chi connectivity index (χ4n) is 2.93.